The Balaban J connectivity index is 1.75. The number of aliphatic hydroxyl groups excluding tert-OH is 1. The molecular weight excluding hydrogens is 319 g/mol. The smallest absolute Gasteiger partial charge is 0.219 e. The number of aliphatic hydroxyl groups is 1. The summed E-state index contributed by atoms with van der Waals surface area (Å²) in [5.41, 5.74) is 2.48. The molecule has 3 atom stereocenters. The van der Waals surface area contributed by atoms with E-state index < -0.39 is 0 Å². The SMILES string of the molecule is CCC(=O)NC[C@H]1N[C@H](CO)[C@@H]1c1ccc(-c2ccccc2F)cc1. The maximum Gasteiger partial charge on any atom is 0.219 e. The number of amides is 1. The van der Waals surface area contributed by atoms with Gasteiger partial charge in [-0.15, -0.1) is 0 Å². The number of rotatable bonds is 6. The first-order valence-corrected chi connectivity index (χ1v) is 8.62. The van der Waals surface area contributed by atoms with Gasteiger partial charge in [-0.1, -0.05) is 49.4 Å². The van der Waals surface area contributed by atoms with E-state index in [1.54, 1.807) is 12.1 Å². The molecule has 0 radical (unpaired) electrons. The van der Waals surface area contributed by atoms with E-state index in [1.165, 1.54) is 6.07 Å². The minimum atomic E-state index is -0.242. The second-order valence-electron chi connectivity index (χ2n) is 6.35. The van der Waals surface area contributed by atoms with Crippen molar-refractivity contribution in [1.29, 1.82) is 0 Å². The number of hydrogen-bond acceptors (Lipinski definition) is 3. The number of nitrogens with one attached hydrogen (secondary N) is 2. The standard InChI is InChI=1S/C20H23FN2O2/c1-2-19(25)22-11-17-20(18(12-24)23-17)14-9-7-13(8-10-14)15-5-3-4-6-16(15)21/h3-10,17-18,20,23-24H,2,11-12H2,1H3,(H,22,25)/t17-,18-,20-/m1/s1. The molecule has 1 saturated heterocycles. The van der Waals surface area contributed by atoms with Crippen molar-refractivity contribution in [2.75, 3.05) is 13.2 Å². The Morgan fingerprint density at radius 1 is 1.16 bits per heavy atom. The van der Waals surface area contributed by atoms with Crippen LogP contribution < -0.4 is 10.6 Å². The number of carbonyl (C=O) groups is 1. The first-order valence-electron chi connectivity index (χ1n) is 8.62. The Hall–Kier alpha value is -2.24. The molecule has 1 fully saturated rings. The number of halogens is 1. The van der Waals surface area contributed by atoms with Crippen molar-refractivity contribution in [3.05, 3.63) is 59.9 Å². The van der Waals surface area contributed by atoms with Crippen LogP contribution in [0.5, 0.6) is 0 Å². The van der Waals surface area contributed by atoms with Crippen LogP contribution in [-0.2, 0) is 4.79 Å². The van der Waals surface area contributed by atoms with Gasteiger partial charge in [0.2, 0.25) is 5.91 Å². The van der Waals surface area contributed by atoms with Gasteiger partial charge in [0.25, 0.3) is 0 Å². The zero-order valence-electron chi connectivity index (χ0n) is 14.2. The van der Waals surface area contributed by atoms with Gasteiger partial charge in [0.05, 0.1) is 6.61 Å². The molecule has 25 heavy (non-hydrogen) atoms. The molecule has 0 bridgehead atoms. The fourth-order valence-electron chi connectivity index (χ4n) is 3.39. The van der Waals surface area contributed by atoms with Crippen molar-refractivity contribution in [3.8, 4) is 11.1 Å². The quantitative estimate of drug-likeness (QED) is 0.756. The molecule has 5 heteroatoms. The van der Waals surface area contributed by atoms with Crippen LogP contribution in [0.3, 0.4) is 0 Å². The molecule has 0 saturated carbocycles. The molecule has 2 aromatic rings. The molecule has 0 aromatic heterocycles. The van der Waals surface area contributed by atoms with E-state index in [0.717, 1.165) is 11.1 Å². The molecule has 1 aliphatic rings. The largest absolute Gasteiger partial charge is 0.395 e. The minimum absolute atomic E-state index is 0.0166. The maximum absolute atomic E-state index is 13.9. The molecule has 3 N–H and O–H groups in total. The highest BCUT2D eigenvalue weighted by Crippen LogP contribution is 2.33. The van der Waals surface area contributed by atoms with Gasteiger partial charge in [0.15, 0.2) is 0 Å². The molecule has 0 unspecified atom stereocenters. The molecule has 0 aliphatic carbocycles. The van der Waals surface area contributed by atoms with Gasteiger partial charge in [-0.25, -0.2) is 4.39 Å². The molecule has 132 valence electrons. The van der Waals surface area contributed by atoms with Crippen LogP contribution in [0.4, 0.5) is 4.39 Å². The van der Waals surface area contributed by atoms with Gasteiger partial charge in [-0.2, -0.15) is 0 Å². The number of benzene rings is 2. The average Bonchev–Trinajstić information content (AvgIpc) is 2.62. The van der Waals surface area contributed by atoms with Crippen LogP contribution >= 0.6 is 0 Å². The fourth-order valence-corrected chi connectivity index (χ4v) is 3.39. The average molecular weight is 342 g/mol. The van der Waals surface area contributed by atoms with E-state index in [4.69, 9.17) is 0 Å². The Bertz CT molecular complexity index is 733. The lowest BCUT2D eigenvalue weighted by Crippen LogP contribution is -2.64. The third kappa shape index (κ3) is 3.72. The Morgan fingerprint density at radius 3 is 2.52 bits per heavy atom. The summed E-state index contributed by atoms with van der Waals surface area (Å²) < 4.78 is 13.9. The van der Waals surface area contributed by atoms with Gasteiger partial charge in [0, 0.05) is 36.5 Å². The summed E-state index contributed by atoms with van der Waals surface area (Å²) in [5.74, 6) is -0.103. The Labute approximate surface area is 147 Å². The lowest BCUT2D eigenvalue weighted by Gasteiger charge is -2.46. The van der Waals surface area contributed by atoms with Crippen molar-refractivity contribution >= 4 is 5.91 Å². The topological polar surface area (TPSA) is 61.4 Å². The predicted molar refractivity (Wildman–Crippen MR) is 95.7 cm³/mol. The molecule has 1 heterocycles. The number of hydrogen-bond donors (Lipinski definition) is 3. The molecular formula is C20H23FN2O2. The van der Waals surface area contributed by atoms with E-state index in [-0.39, 0.29) is 36.3 Å². The van der Waals surface area contributed by atoms with Gasteiger partial charge in [-0.3, -0.25) is 4.79 Å². The summed E-state index contributed by atoms with van der Waals surface area (Å²) in [6.45, 7) is 2.39. The monoisotopic (exact) mass is 342 g/mol. The van der Waals surface area contributed by atoms with Crippen molar-refractivity contribution in [3.63, 3.8) is 0 Å². The Morgan fingerprint density at radius 2 is 1.88 bits per heavy atom. The van der Waals surface area contributed by atoms with E-state index in [9.17, 15) is 14.3 Å². The Kier molecular flexibility index (Phi) is 5.46. The van der Waals surface area contributed by atoms with Crippen LogP contribution in [0.2, 0.25) is 0 Å². The maximum atomic E-state index is 13.9. The minimum Gasteiger partial charge on any atom is -0.395 e. The third-order valence-corrected chi connectivity index (χ3v) is 4.81. The highest BCUT2D eigenvalue weighted by molar-refractivity contribution is 5.75. The molecule has 4 nitrogen and oxygen atoms in total. The van der Waals surface area contributed by atoms with Gasteiger partial charge in [0.1, 0.15) is 5.82 Å². The molecule has 1 amide bonds. The highest BCUT2D eigenvalue weighted by atomic mass is 19.1. The number of carbonyl (C=O) groups excluding carboxylic acids is 1. The van der Waals surface area contributed by atoms with E-state index in [1.807, 2.05) is 37.3 Å². The first kappa shape index (κ1) is 17.6. The second-order valence-corrected chi connectivity index (χ2v) is 6.35. The highest BCUT2D eigenvalue weighted by Gasteiger charge is 2.40. The fraction of sp³-hybridized carbons (Fsp3) is 0.350. The van der Waals surface area contributed by atoms with Crippen LogP contribution in [0.25, 0.3) is 11.1 Å². The van der Waals surface area contributed by atoms with Crippen LogP contribution in [0.15, 0.2) is 48.5 Å². The summed E-state index contributed by atoms with van der Waals surface area (Å²) >= 11 is 0. The first-order chi connectivity index (χ1) is 12.1. The molecule has 1 aliphatic heterocycles. The van der Waals surface area contributed by atoms with E-state index in [2.05, 4.69) is 10.6 Å². The van der Waals surface area contributed by atoms with Crippen molar-refractivity contribution < 1.29 is 14.3 Å². The zero-order valence-corrected chi connectivity index (χ0v) is 14.2. The van der Waals surface area contributed by atoms with Crippen molar-refractivity contribution in [2.24, 2.45) is 0 Å². The molecule has 0 spiro atoms. The lowest BCUT2D eigenvalue weighted by molar-refractivity contribution is -0.121. The van der Waals surface area contributed by atoms with E-state index >= 15 is 0 Å². The summed E-state index contributed by atoms with van der Waals surface area (Å²) in [4.78, 5) is 11.5. The lowest BCUT2D eigenvalue weighted by atomic mass is 9.77. The molecule has 2 aromatic carbocycles. The van der Waals surface area contributed by atoms with Gasteiger partial charge >= 0.3 is 0 Å². The van der Waals surface area contributed by atoms with Gasteiger partial charge in [-0.05, 0) is 17.2 Å². The summed E-state index contributed by atoms with van der Waals surface area (Å²) in [6.07, 6.45) is 0.456. The van der Waals surface area contributed by atoms with E-state index in [0.29, 0.717) is 18.5 Å². The van der Waals surface area contributed by atoms with Crippen LogP contribution in [-0.4, -0.2) is 36.2 Å². The summed E-state index contributed by atoms with van der Waals surface area (Å²) in [6, 6.07) is 14.5. The van der Waals surface area contributed by atoms with Crippen LogP contribution in [0.1, 0.15) is 24.8 Å². The van der Waals surface area contributed by atoms with Crippen LogP contribution in [0, 0.1) is 5.82 Å². The zero-order chi connectivity index (χ0) is 17.8. The third-order valence-electron chi connectivity index (χ3n) is 4.81. The molecule has 3 rings (SSSR count). The van der Waals surface area contributed by atoms with Gasteiger partial charge < -0.3 is 15.7 Å². The van der Waals surface area contributed by atoms with Crippen molar-refractivity contribution in [1.82, 2.24) is 10.6 Å². The predicted octanol–water partition coefficient (Wildman–Crippen LogP) is 2.44. The van der Waals surface area contributed by atoms with Crippen molar-refractivity contribution in [2.45, 2.75) is 31.3 Å². The summed E-state index contributed by atoms with van der Waals surface area (Å²) in [7, 11) is 0. The summed E-state index contributed by atoms with van der Waals surface area (Å²) in [5, 5.41) is 15.7. The normalized spacial score (nSPS) is 22.3. The second kappa shape index (κ2) is 7.76.